The van der Waals surface area contributed by atoms with E-state index in [2.05, 4.69) is 42.3 Å². The second-order valence-corrected chi connectivity index (χ2v) is 6.10. The van der Waals surface area contributed by atoms with Crippen molar-refractivity contribution in [2.24, 2.45) is 5.92 Å². The minimum Gasteiger partial charge on any atom is -0.480 e. The fourth-order valence-corrected chi connectivity index (χ4v) is 2.67. The van der Waals surface area contributed by atoms with Crippen LogP contribution >= 0.6 is 11.8 Å². The number of carboxylic acids is 1. The zero-order valence-electron chi connectivity index (χ0n) is 11.5. The molecule has 0 bridgehead atoms. The van der Waals surface area contributed by atoms with Gasteiger partial charge in [-0.3, -0.25) is 9.69 Å². The van der Waals surface area contributed by atoms with E-state index < -0.39 is 5.97 Å². The summed E-state index contributed by atoms with van der Waals surface area (Å²) in [6.07, 6.45) is 4.55. The van der Waals surface area contributed by atoms with Gasteiger partial charge in [-0.15, -0.1) is 11.8 Å². The molecule has 2 rings (SSSR count). The number of nitrogens with zero attached hydrogens (tertiary/aromatic N) is 1. The molecule has 4 heteroatoms. The van der Waals surface area contributed by atoms with Crippen LogP contribution in [0.4, 0.5) is 0 Å². The molecule has 1 aromatic rings. The summed E-state index contributed by atoms with van der Waals surface area (Å²) in [5, 5.41) is 9.05. The summed E-state index contributed by atoms with van der Waals surface area (Å²) in [5.74, 6) is -0.0412. The van der Waals surface area contributed by atoms with Crippen LogP contribution in [0.3, 0.4) is 0 Å². The zero-order chi connectivity index (χ0) is 13.8. The maximum atomic E-state index is 11.0. The topological polar surface area (TPSA) is 40.5 Å². The number of carbonyl (C=O) groups is 1. The first-order valence-corrected chi connectivity index (χ1v) is 7.92. The van der Waals surface area contributed by atoms with Crippen LogP contribution in [0.1, 0.15) is 31.4 Å². The Morgan fingerprint density at radius 1 is 1.42 bits per heavy atom. The van der Waals surface area contributed by atoms with Crippen molar-refractivity contribution in [1.82, 2.24) is 4.90 Å². The van der Waals surface area contributed by atoms with Crippen molar-refractivity contribution in [2.75, 3.05) is 19.3 Å². The molecule has 1 aliphatic carbocycles. The predicted octanol–water partition coefficient (Wildman–Crippen LogP) is 3.27. The van der Waals surface area contributed by atoms with E-state index in [9.17, 15) is 4.79 Å². The van der Waals surface area contributed by atoms with Crippen LogP contribution < -0.4 is 0 Å². The van der Waals surface area contributed by atoms with E-state index >= 15 is 0 Å². The van der Waals surface area contributed by atoms with Crippen LogP contribution in [0.2, 0.25) is 0 Å². The molecule has 3 nitrogen and oxygen atoms in total. The number of rotatable bonds is 7. The van der Waals surface area contributed by atoms with E-state index in [1.54, 1.807) is 11.8 Å². The molecule has 104 valence electrons. The Kier molecular flexibility index (Phi) is 4.88. The van der Waals surface area contributed by atoms with Gasteiger partial charge in [0.2, 0.25) is 0 Å². The number of benzene rings is 1. The summed E-state index contributed by atoms with van der Waals surface area (Å²) in [7, 11) is 0. The quantitative estimate of drug-likeness (QED) is 0.778. The van der Waals surface area contributed by atoms with Crippen LogP contribution in [0.5, 0.6) is 0 Å². The van der Waals surface area contributed by atoms with Gasteiger partial charge in [0.15, 0.2) is 0 Å². The van der Waals surface area contributed by atoms with Crippen LogP contribution in [0.25, 0.3) is 0 Å². The fraction of sp³-hybridized carbons (Fsp3) is 0.533. The van der Waals surface area contributed by atoms with Gasteiger partial charge in [0.1, 0.15) is 0 Å². The number of carboxylic acid groups (broad SMARTS) is 1. The molecule has 0 amide bonds. The van der Waals surface area contributed by atoms with Gasteiger partial charge in [0, 0.05) is 17.5 Å². The molecule has 0 aliphatic heterocycles. The summed E-state index contributed by atoms with van der Waals surface area (Å²) in [6.45, 7) is 3.12. The Hall–Kier alpha value is -1.00. The van der Waals surface area contributed by atoms with E-state index in [1.807, 2.05) is 0 Å². The highest BCUT2D eigenvalue weighted by molar-refractivity contribution is 7.98. The Labute approximate surface area is 119 Å². The number of hydrogen-bond donors (Lipinski definition) is 1. The van der Waals surface area contributed by atoms with Crippen LogP contribution in [0, 0.1) is 5.92 Å². The molecule has 0 heterocycles. The molecule has 1 atom stereocenters. The van der Waals surface area contributed by atoms with E-state index in [0.717, 1.165) is 6.54 Å². The zero-order valence-corrected chi connectivity index (χ0v) is 12.3. The largest absolute Gasteiger partial charge is 0.480 e. The molecule has 0 spiro atoms. The standard InChI is InChI=1S/C15H21NO2S/c1-11(13-5-7-14(19-2)8-6-13)16(10-15(17)18)9-12-3-4-12/h5-8,11-12H,3-4,9-10H2,1-2H3,(H,17,18). The number of aliphatic carboxylic acids is 1. The third-order valence-electron chi connectivity index (χ3n) is 3.67. The molecule has 1 unspecified atom stereocenters. The van der Waals surface area contributed by atoms with Gasteiger partial charge >= 0.3 is 5.97 Å². The maximum Gasteiger partial charge on any atom is 0.317 e. The van der Waals surface area contributed by atoms with Gasteiger partial charge < -0.3 is 5.11 Å². The first kappa shape index (κ1) is 14.4. The summed E-state index contributed by atoms with van der Waals surface area (Å²) < 4.78 is 0. The summed E-state index contributed by atoms with van der Waals surface area (Å²) >= 11 is 1.72. The molecular formula is C15H21NO2S. The van der Waals surface area contributed by atoms with Gasteiger partial charge in [0.25, 0.3) is 0 Å². The molecule has 1 saturated carbocycles. The van der Waals surface area contributed by atoms with Crippen molar-refractivity contribution in [3.8, 4) is 0 Å². The van der Waals surface area contributed by atoms with Crippen molar-refractivity contribution in [3.63, 3.8) is 0 Å². The second kappa shape index (κ2) is 6.44. The van der Waals surface area contributed by atoms with Gasteiger partial charge in [0.05, 0.1) is 6.54 Å². The summed E-state index contributed by atoms with van der Waals surface area (Å²) in [6, 6.07) is 8.59. The Morgan fingerprint density at radius 2 is 2.05 bits per heavy atom. The third kappa shape index (κ3) is 4.25. The van der Waals surface area contributed by atoms with E-state index in [1.165, 1.54) is 23.3 Å². The molecular weight excluding hydrogens is 258 g/mol. The Morgan fingerprint density at radius 3 is 2.53 bits per heavy atom. The van der Waals surface area contributed by atoms with Crippen LogP contribution in [0.15, 0.2) is 29.2 Å². The minimum absolute atomic E-state index is 0.127. The molecule has 1 N–H and O–H groups in total. The number of hydrogen-bond acceptors (Lipinski definition) is 3. The lowest BCUT2D eigenvalue weighted by molar-refractivity contribution is -0.139. The van der Waals surface area contributed by atoms with Crippen molar-refractivity contribution in [2.45, 2.75) is 30.7 Å². The normalized spacial score (nSPS) is 16.6. The highest BCUT2D eigenvalue weighted by Gasteiger charge is 2.28. The van der Waals surface area contributed by atoms with Gasteiger partial charge in [-0.1, -0.05) is 12.1 Å². The van der Waals surface area contributed by atoms with Crippen LogP contribution in [-0.4, -0.2) is 35.3 Å². The minimum atomic E-state index is -0.742. The average Bonchev–Trinajstić information content (AvgIpc) is 3.21. The highest BCUT2D eigenvalue weighted by atomic mass is 32.2. The summed E-state index contributed by atoms with van der Waals surface area (Å²) in [4.78, 5) is 14.3. The molecule has 0 radical (unpaired) electrons. The van der Waals surface area contributed by atoms with Crippen LogP contribution in [-0.2, 0) is 4.79 Å². The number of thioether (sulfide) groups is 1. The smallest absolute Gasteiger partial charge is 0.317 e. The van der Waals surface area contributed by atoms with E-state index in [0.29, 0.717) is 5.92 Å². The van der Waals surface area contributed by atoms with Crippen molar-refractivity contribution in [1.29, 1.82) is 0 Å². The predicted molar refractivity (Wildman–Crippen MR) is 78.6 cm³/mol. The molecule has 1 aromatic carbocycles. The lowest BCUT2D eigenvalue weighted by Gasteiger charge is -2.28. The SMILES string of the molecule is CSc1ccc(C(C)N(CC(=O)O)CC2CC2)cc1. The van der Waals surface area contributed by atoms with Gasteiger partial charge in [-0.2, -0.15) is 0 Å². The Balaban J connectivity index is 2.06. The lowest BCUT2D eigenvalue weighted by Crippen LogP contribution is -2.34. The molecule has 1 fully saturated rings. The fourth-order valence-electron chi connectivity index (χ4n) is 2.26. The maximum absolute atomic E-state index is 11.0. The van der Waals surface area contributed by atoms with Gasteiger partial charge in [-0.05, 0) is 49.6 Å². The van der Waals surface area contributed by atoms with Crippen molar-refractivity contribution < 1.29 is 9.90 Å². The van der Waals surface area contributed by atoms with Crippen molar-refractivity contribution in [3.05, 3.63) is 29.8 Å². The van der Waals surface area contributed by atoms with Gasteiger partial charge in [-0.25, -0.2) is 0 Å². The van der Waals surface area contributed by atoms with E-state index in [-0.39, 0.29) is 12.6 Å². The molecule has 0 aromatic heterocycles. The molecule has 1 aliphatic rings. The first-order chi connectivity index (χ1) is 9.10. The first-order valence-electron chi connectivity index (χ1n) is 6.70. The average molecular weight is 279 g/mol. The molecule has 0 saturated heterocycles. The third-order valence-corrected chi connectivity index (χ3v) is 4.42. The van der Waals surface area contributed by atoms with Crippen molar-refractivity contribution >= 4 is 17.7 Å². The highest BCUT2D eigenvalue weighted by Crippen LogP contribution is 2.32. The monoisotopic (exact) mass is 279 g/mol. The van der Waals surface area contributed by atoms with E-state index in [4.69, 9.17) is 5.11 Å². The Bertz CT molecular complexity index is 428. The summed E-state index contributed by atoms with van der Waals surface area (Å²) in [5.41, 5.74) is 1.19. The lowest BCUT2D eigenvalue weighted by atomic mass is 10.1. The second-order valence-electron chi connectivity index (χ2n) is 5.22. The molecule has 19 heavy (non-hydrogen) atoms.